The number of aliphatic hydroxyl groups is 2. The van der Waals surface area contributed by atoms with Crippen LogP contribution in [0.5, 0.6) is 0 Å². The van der Waals surface area contributed by atoms with Crippen LogP contribution in [0.3, 0.4) is 0 Å². The van der Waals surface area contributed by atoms with Crippen molar-refractivity contribution in [3.05, 3.63) is 186 Å². The minimum Gasteiger partial charge on any atom is -0.378 e. The summed E-state index contributed by atoms with van der Waals surface area (Å²) < 4.78 is 13.9. The van der Waals surface area contributed by atoms with Crippen LogP contribution in [-0.2, 0) is 26.5 Å². The van der Waals surface area contributed by atoms with Crippen molar-refractivity contribution in [2.24, 2.45) is 0 Å². The summed E-state index contributed by atoms with van der Waals surface area (Å²) in [7, 11) is 0. The highest BCUT2D eigenvalue weighted by Crippen LogP contribution is 2.52. The highest BCUT2D eigenvalue weighted by Gasteiger charge is 2.62. The molecule has 4 heteroatoms. The van der Waals surface area contributed by atoms with Gasteiger partial charge in [0.25, 0.3) is 0 Å². The highest BCUT2D eigenvalue weighted by atomic mass is 16.8. The van der Waals surface area contributed by atoms with Crippen molar-refractivity contribution < 1.29 is 19.7 Å². The van der Waals surface area contributed by atoms with Gasteiger partial charge in [-0.25, -0.2) is 0 Å². The maximum absolute atomic E-state index is 13.0. The number of hydrogen-bond acceptors (Lipinski definition) is 4. The second-order valence-electron chi connectivity index (χ2n) is 10.8. The molecule has 0 radical (unpaired) electrons. The van der Waals surface area contributed by atoms with Crippen LogP contribution < -0.4 is 0 Å². The summed E-state index contributed by atoms with van der Waals surface area (Å²) in [5, 5.41) is 26.0. The van der Waals surface area contributed by atoms with E-state index in [-0.39, 0.29) is 0 Å². The molecular weight excluding hydrogens is 520 g/mol. The molecule has 0 aliphatic carbocycles. The van der Waals surface area contributed by atoms with Gasteiger partial charge in [-0.3, -0.25) is 0 Å². The first kappa shape index (κ1) is 27.8. The molecule has 2 N–H and O–H groups in total. The lowest BCUT2D eigenvalue weighted by molar-refractivity contribution is -0.193. The summed E-state index contributed by atoms with van der Waals surface area (Å²) in [4.78, 5) is 0. The molecule has 2 atom stereocenters. The molecule has 42 heavy (non-hydrogen) atoms. The van der Waals surface area contributed by atoms with Gasteiger partial charge in [0, 0.05) is 5.56 Å². The average Bonchev–Trinajstić information content (AvgIpc) is 3.45. The molecule has 0 bridgehead atoms. The molecule has 1 heterocycles. The molecule has 1 aliphatic rings. The third-order valence-corrected chi connectivity index (χ3v) is 8.33. The molecule has 6 rings (SSSR count). The Hall–Kier alpha value is -4.32. The van der Waals surface area contributed by atoms with Crippen LogP contribution in [-0.4, -0.2) is 22.4 Å². The average molecular weight is 555 g/mol. The van der Waals surface area contributed by atoms with Crippen molar-refractivity contribution in [2.45, 2.75) is 36.1 Å². The Labute approximate surface area is 247 Å². The standard InChI is InChI=1S/C38H34O4/c1-3-28-24-26-29(27-25-28)36(2)41-34(37(39,30-16-8-4-9-17-30)31-18-10-5-11-19-31)35(42-36)38(40,32-20-12-6-13-21-32)33-22-14-7-15-23-33/h3-27,34-35,39-40H,1H2,2H3/t34-,35-/m0/s1. The van der Waals surface area contributed by atoms with E-state index in [9.17, 15) is 10.2 Å². The molecule has 210 valence electrons. The van der Waals surface area contributed by atoms with Gasteiger partial charge < -0.3 is 19.7 Å². The lowest BCUT2D eigenvalue weighted by Gasteiger charge is -2.42. The van der Waals surface area contributed by atoms with Gasteiger partial charge in [0.1, 0.15) is 23.4 Å². The zero-order valence-corrected chi connectivity index (χ0v) is 23.5. The van der Waals surface area contributed by atoms with E-state index in [4.69, 9.17) is 9.47 Å². The van der Waals surface area contributed by atoms with Crippen LogP contribution >= 0.6 is 0 Å². The first-order valence-electron chi connectivity index (χ1n) is 14.1. The fourth-order valence-corrected chi connectivity index (χ4v) is 6.06. The molecule has 5 aromatic rings. The molecule has 0 unspecified atom stereocenters. The summed E-state index contributed by atoms with van der Waals surface area (Å²) in [6.07, 6.45) is -0.310. The second kappa shape index (κ2) is 11.2. The second-order valence-corrected chi connectivity index (χ2v) is 10.8. The summed E-state index contributed by atoms with van der Waals surface area (Å²) in [6, 6.07) is 45.6. The molecule has 0 saturated carbocycles. The third-order valence-electron chi connectivity index (χ3n) is 8.33. The minimum absolute atomic E-state index is 0.629. The first-order valence-corrected chi connectivity index (χ1v) is 14.1. The Kier molecular flexibility index (Phi) is 7.40. The van der Waals surface area contributed by atoms with Crippen molar-refractivity contribution >= 4 is 6.08 Å². The van der Waals surface area contributed by atoms with Crippen molar-refractivity contribution in [1.29, 1.82) is 0 Å². The maximum atomic E-state index is 13.0. The Bertz CT molecular complexity index is 1440. The van der Waals surface area contributed by atoms with Crippen LogP contribution in [0.1, 0.15) is 40.3 Å². The quantitative estimate of drug-likeness (QED) is 0.214. The number of rotatable bonds is 8. The summed E-state index contributed by atoms with van der Waals surface area (Å²) in [6.45, 7) is 5.71. The van der Waals surface area contributed by atoms with Crippen molar-refractivity contribution in [3.63, 3.8) is 0 Å². The van der Waals surface area contributed by atoms with E-state index in [1.165, 1.54) is 0 Å². The Morgan fingerprint density at radius 1 is 0.548 bits per heavy atom. The van der Waals surface area contributed by atoms with Crippen LogP contribution in [0.2, 0.25) is 0 Å². The maximum Gasteiger partial charge on any atom is 0.193 e. The zero-order valence-electron chi connectivity index (χ0n) is 23.5. The summed E-state index contributed by atoms with van der Waals surface area (Å²) in [5.41, 5.74) is 0.854. The smallest absolute Gasteiger partial charge is 0.193 e. The number of benzene rings is 5. The molecule has 5 aromatic carbocycles. The van der Waals surface area contributed by atoms with E-state index in [2.05, 4.69) is 6.58 Å². The lowest BCUT2D eigenvalue weighted by atomic mass is 9.72. The predicted molar refractivity (Wildman–Crippen MR) is 165 cm³/mol. The van der Waals surface area contributed by atoms with Gasteiger partial charge in [0.2, 0.25) is 0 Å². The van der Waals surface area contributed by atoms with E-state index >= 15 is 0 Å². The molecule has 1 aliphatic heterocycles. The van der Waals surface area contributed by atoms with E-state index in [0.29, 0.717) is 22.3 Å². The molecule has 1 fully saturated rings. The predicted octanol–water partition coefficient (Wildman–Crippen LogP) is 7.16. The molecular formula is C38H34O4. The Balaban J connectivity index is 1.61. The first-order chi connectivity index (χ1) is 20.4. The largest absolute Gasteiger partial charge is 0.378 e. The van der Waals surface area contributed by atoms with Gasteiger partial charge in [-0.05, 0) is 34.7 Å². The van der Waals surface area contributed by atoms with E-state index in [1.54, 1.807) is 6.08 Å². The van der Waals surface area contributed by atoms with Crippen LogP contribution in [0, 0.1) is 0 Å². The molecule has 0 amide bonds. The van der Waals surface area contributed by atoms with Gasteiger partial charge in [0.15, 0.2) is 5.79 Å². The van der Waals surface area contributed by atoms with Crippen molar-refractivity contribution in [3.8, 4) is 0 Å². The molecule has 4 nitrogen and oxygen atoms in total. The van der Waals surface area contributed by atoms with Crippen molar-refractivity contribution in [2.75, 3.05) is 0 Å². The lowest BCUT2D eigenvalue weighted by Crippen LogP contribution is -2.54. The van der Waals surface area contributed by atoms with Gasteiger partial charge in [0.05, 0.1) is 0 Å². The molecule has 1 saturated heterocycles. The van der Waals surface area contributed by atoms with Gasteiger partial charge in [-0.1, -0.05) is 158 Å². The summed E-state index contributed by atoms with van der Waals surface area (Å²) in [5.74, 6) is -1.30. The minimum atomic E-state index is -1.69. The van der Waals surface area contributed by atoms with E-state index < -0.39 is 29.2 Å². The fourth-order valence-electron chi connectivity index (χ4n) is 6.06. The van der Waals surface area contributed by atoms with Gasteiger partial charge in [-0.2, -0.15) is 0 Å². The van der Waals surface area contributed by atoms with Crippen molar-refractivity contribution in [1.82, 2.24) is 0 Å². The van der Waals surface area contributed by atoms with Crippen LogP contribution in [0.4, 0.5) is 0 Å². The van der Waals surface area contributed by atoms with E-state index in [0.717, 1.165) is 11.1 Å². The number of hydrogen-bond donors (Lipinski definition) is 2. The number of ether oxygens (including phenoxy) is 2. The zero-order chi connectivity index (χ0) is 29.2. The highest BCUT2D eigenvalue weighted by molar-refractivity contribution is 5.48. The fraction of sp³-hybridized carbons (Fsp3) is 0.158. The van der Waals surface area contributed by atoms with E-state index in [1.807, 2.05) is 153 Å². The molecule has 0 spiro atoms. The molecule has 0 aromatic heterocycles. The third kappa shape index (κ3) is 4.69. The Morgan fingerprint density at radius 3 is 1.14 bits per heavy atom. The normalized spacial score (nSPS) is 18.5. The van der Waals surface area contributed by atoms with Crippen LogP contribution in [0.15, 0.2) is 152 Å². The Morgan fingerprint density at radius 2 is 0.857 bits per heavy atom. The van der Waals surface area contributed by atoms with Crippen LogP contribution in [0.25, 0.3) is 6.08 Å². The van der Waals surface area contributed by atoms with Gasteiger partial charge >= 0.3 is 0 Å². The SMILES string of the molecule is C=Cc1ccc(C2(C)O[C@H](C(O)(c3ccccc3)c3ccccc3)[C@@H](C(O)(c3ccccc3)c3ccccc3)O2)cc1. The summed E-state index contributed by atoms with van der Waals surface area (Å²) >= 11 is 0. The topological polar surface area (TPSA) is 58.9 Å². The monoisotopic (exact) mass is 554 g/mol. The van der Waals surface area contributed by atoms with Gasteiger partial charge in [-0.15, -0.1) is 0 Å².